The zero-order valence-corrected chi connectivity index (χ0v) is 24.7. The number of carbonyl (C=O) groups is 4. The third-order valence-corrected chi connectivity index (χ3v) is 2.96. The smallest absolute Gasteiger partial charge is 0.550 e. The Labute approximate surface area is 246 Å². The van der Waals surface area contributed by atoms with Crippen molar-refractivity contribution in [2.24, 2.45) is 5.41 Å². The van der Waals surface area contributed by atoms with Crippen LogP contribution < -0.4 is 149 Å². The number of aliphatic carboxylic acids is 4. The van der Waals surface area contributed by atoms with Gasteiger partial charge in [0.25, 0.3) is 0 Å². The largest absolute Gasteiger partial charge is 1.00 e. The van der Waals surface area contributed by atoms with Crippen LogP contribution in [0.1, 0.15) is 26.7 Å². The zero-order chi connectivity index (χ0) is 18.2. The molecule has 2 unspecified atom stereocenters. The van der Waals surface area contributed by atoms with E-state index in [4.69, 9.17) is 0 Å². The first kappa shape index (κ1) is 39.3. The summed E-state index contributed by atoms with van der Waals surface area (Å²) in [6, 6.07) is -2.92. The second kappa shape index (κ2) is 19.7. The van der Waals surface area contributed by atoms with Gasteiger partial charge in [-0.05, 0) is 5.41 Å². The van der Waals surface area contributed by atoms with Crippen LogP contribution in [0.15, 0.2) is 0 Å². The van der Waals surface area contributed by atoms with Gasteiger partial charge in [0.2, 0.25) is 0 Å². The number of hydrogen-bond acceptors (Lipinski definition) is 10. The molecular weight excluding hydrogens is 404 g/mol. The number of carboxylic acids is 4. The van der Waals surface area contributed by atoms with Crippen LogP contribution in [0, 0.1) is 5.41 Å². The Morgan fingerprint density at radius 2 is 0.963 bits per heavy atom. The van der Waals surface area contributed by atoms with Gasteiger partial charge >= 0.3 is 118 Å². The fraction of sp³-hybridized carbons (Fsp3) is 0.692. The summed E-state index contributed by atoms with van der Waals surface area (Å²) in [5.41, 5.74) is -0.723. The van der Waals surface area contributed by atoms with Crippen LogP contribution in [-0.2, 0) is 19.2 Å². The van der Waals surface area contributed by atoms with Crippen LogP contribution in [0.2, 0.25) is 0 Å². The van der Waals surface area contributed by atoms with Crippen molar-refractivity contribution in [2.45, 2.75) is 38.8 Å². The van der Waals surface area contributed by atoms with Crippen LogP contribution in [0.4, 0.5) is 0 Å². The third kappa shape index (κ3) is 20.8. The fourth-order valence-electron chi connectivity index (χ4n) is 1.67. The molecule has 0 aliphatic carbocycles. The Morgan fingerprint density at radius 1 is 0.704 bits per heavy atom. The van der Waals surface area contributed by atoms with Gasteiger partial charge in [-0.25, -0.2) is 0 Å². The number of hydrogen-bond donors (Lipinski definition) is 2. The molecule has 0 saturated heterocycles. The van der Waals surface area contributed by atoms with Crippen molar-refractivity contribution in [3.05, 3.63) is 0 Å². The van der Waals surface area contributed by atoms with E-state index in [1.807, 2.05) is 0 Å². The fourth-order valence-corrected chi connectivity index (χ4v) is 1.67. The van der Waals surface area contributed by atoms with Crippen LogP contribution in [0.25, 0.3) is 0 Å². The second-order valence-corrected chi connectivity index (χ2v) is 5.82. The van der Waals surface area contributed by atoms with Crippen LogP contribution in [0.3, 0.4) is 0 Å². The topological polar surface area (TPSA) is 185 Å². The van der Waals surface area contributed by atoms with Gasteiger partial charge in [0.15, 0.2) is 0 Å². The predicted molar refractivity (Wildman–Crippen MR) is 66.6 cm³/mol. The molecule has 14 heteroatoms. The maximum atomic E-state index is 10.8. The maximum Gasteiger partial charge on any atom is 1.00 e. The van der Waals surface area contributed by atoms with Gasteiger partial charge in [-0.1, -0.05) is 13.8 Å². The molecule has 0 heterocycles. The summed E-state index contributed by atoms with van der Waals surface area (Å²) in [5, 5.41) is 47.4. The predicted octanol–water partition coefficient (Wildman–Crippen LogP) is -18.3. The standard InChI is InChI=1S/C13H22N2O8.4Na/c1-13(2,5-14-7(11(20)21)3-9(16)17)6-15-8(12(22)23)4-10(18)19;;;;/h7-8,14-15H,3-6H2,1-2H3,(H,16,17)(H,18,19)(H,20,21)(H,22,23);;;;/q;4*+1/p-4. The van der Waals surface area contributed by atoms with Gasteiger partial charge in [0.1, 0.15) is 0 Å². The molecule has 0 rings (SSSR count). The van der Waals surface area contributed by atoms with Crippen molar-refractivity contribution in [3.8, 4) is 0 Å². The number of rotatable bonds is 12. The molecule has 0 aliphatic rings. The number of carboxylic acid groups (broad SMARTS) is 4. The van der Waals surface area contributed by atoms with Gasteiger partial charge in [-0.3, -0.25) is 0 Å². The average molecular weight is 422 g/mol. The number of nitrogens with one attached hydrogen (secondary N) is 2. The summed E-state index contributed by atoms with van der Waals surface area (Å²) >= 11 is 0. The maximum absolute atomic E-state index is 10.8. The molecule has 10 nitrogen and oxygen atoms in total. The average Bonchev–Trinajstić information content (AvgIpc) is 2.38. The molecule has 0 bridgehead atoms. The van der Waals surface area contributed by atoms with Crippen LogP contribution in [-0.4, -0.2) is 49.1 Å². The first-order valence-corrected chi connectivity index (χ1v) is 6.73. The Morgan fingerprint density at radius 3 is 1.15 bits per heavy atom. The molecule has 2 N–H and O–H groups in total. The second-order valence-electron chi connectivity index (χ2n) is 5.82. The van der Waals surface area contributed by atoms with Gasteiger partial charge < -0.3 is 50.2 Å². The molecule has 0 aliphatic heterocycles. The Bertz CT molecular complexity index is 439. The van der Waals surface area contributed by atoms with E-state index < -0.39 is 54.2 Å². The summed E-state index contributed by atoms with van der Waals surface area (Å²) in [6.45, 7) is 3.25. The van der Waals surface area contributed by atoms with Crippen molar-refractivity contribution in [1.82, 2.24) is 10.6 Å². The molecule has 2 atom stereocenters. The summed E-state index contributed by atoms with van der Waals surface area (Å²) in [5.74, 6) is -6.34. The molecule has 27 heavy (non-hydrogen) atoms. The summed E-state index contributed by atoms with van der Waals surface area (Å²) in [7, 11) is 0. The zero-order valence-electron chi connectivity index (χ0n) is 16.7. The van der Waals surface area contributed by atoms with E-state index in [9.17, 15) is 39.6 Å². The molecule has 0 aromatic heterocycles. The minimum Gasteiger partial charge on any atom is -0.550 e. The van der Waals surface area contributed by atoms with Gasteiger partial charge in [-0.2, -0.15) is 0 Å². The molecule has 0 aromatic rings. The van der Waals surface area contributed by atoms with Crippen molar-refractivity contribution in [3.63, 3.8) is 0 Å². The summed E-state index contributed by atoms with van der Waals surface area (Å²) < 4.78 is 0. The molecule has 0 fully saturated rings. The molecule has 0 radical (unpaired) electrons. The van der Waals surface area contributed by atoms with E-state index in [2.05, 4.69) is 10.6 Å². The first-order valence-electron chi connectivity index (χ1n) is 6.73. The molecule has 0 amide bonds. The molecule has 0 saturated carbocycles. The quantitative estimate of drug-likeness (QED) is 0.286. The van der Waals surface area contributed by atoms with Crippen molar-refractivity contribution < 1.29 is 158 Å². The van der Waals surface area contributed by atoms with Crippen molar-refractivity contribution in [2.75, 3.05) is 13.1 Å². The van der Waals surface area contributed by atoms with Crippen molar-refractivity contribution in [1.29, 1.82) is 0 Å². The van der Waals surface area contributed by atoms with E-state index >= 15 is 0 Å². The van der Waals surface area contributed by atoms with E-state index in [1.165, 1.54) is 0 Å². The summed E-state index contributed by atoms with van der Waals surface area (Å²) in [4.78, 5) is 42.5. The molecular formula is C13H18N2Na4O8. The van der Waals surface area contributed by atoms with Crippen molar-refractivity contribution >= 4 is 23.9 Å². The van der Waals surface area contributed by atoms with E-state index in [-0.39, 0.29) is 131 Å². The third-order valence-electron chi connectivity index (χ3n) is 2.96. The van der Waals surface area contributed by atoms with E-state index in [0.717, 1.165) is 0 Å². The van der Waals surface area contributed by atoms with Crippen LogP contribution >= 0.6 is 0 Å². The SMILES string of the molecule is CC(C)(CNC(CC(=O)[O-])C(=O)[O-])CNC(CC(=O)[O-])C(=O)[O-].[Na+].[Na+].[Na+].[Na+]. The monoisotopic (exact) mass is 422 g/mol. The van der Waals surface area contributed by atoms with E-state index in [0.29, 0.717) is 0 Å². The van der Waals surface area contributed by atoms with Gasteiger partial charge in [-0.15, -0.1) is 0 Å². The van der Waals surface area contributed by atoms with Gasteiger partial charge in [0.05, 0.1) is 24.0 Å². The minimum absolute atomic E-state index is 0. The Kier molecular flexibility index (Phi) is 28.7. The first-order chi connectivity index (χ1) is 10.4. The van der Waals surface area contributed by atoms with E-state index in [1.54, 1.807) is 13.8 Å². The molecule has 0 aromatic carbocycles. The normalized spacial score (nSPS) is 11.9. The molecule has 0 spiro atoms. The Balaban J connectivity index is -0.000000403. The number of carbonyl (C=O) groups excluding carboxylic acids is 4. The minimum atomic E-state index is -1.61. The Hall–Kier alpha value is 1.80. The molecule has 132 valence electrons. The van der Waals surface area contributed by atoms with Gasteiger partial charge in [0, 0.05) is 37.9 Å². The summed E-state index contributed by atoms with van der Waals surface area (Å²) in [6.07, 6.45) is -1.56. The van der Waals surface area contributed by atoms with Crippen LogP contribution in [0.5, 0.6) is 0 Å².